The van der Waals surface area contributed by atoms with Crippen molar-refractivity contribution in [1.29, 1.82) is 0 Å². The number of rotatable bonds is 63. The molecular formula is C66H128O17P2. The van der Waals surface area contributed by atoms with Crippen molar-refractivity contribution < 1.29 is 80.2 Å². The Morgan fingerprint density at radius 3 is 0.835 bits per heavy atom. The molecule has 0 heterocycles. The summed E-state index contributed by atoms with van der Waals surface area (Å²) >= 11 is 0. The van der Waals surface area contributed by atoms with Gasteiger partial charge in [0.2, 0.25) is 0 Å². The average Bonchev–Trinajstić information content (AvgIpc) is 3.62. The van der Waals surface area contributed by atoms with Gasteiger partial charge >= 0.3 is 39.5 Å². The maximum atomic E-state index is 13.0. The van der Waals surface area contributed by atoms with Crippen LogP contribution in [0.5, 0.6) is 0 Å². The van der Waals surface area contributed by atoms with Gasteiger partial charge in [0, 0.05) is 25.7 Å². The van der Waals surface area contributed by atoms with E-state index in [-0.39, 0.29) is 25.7 Å². The molecule has 0 bridgehead atoms. The van der Waals surface area contributed by atoms with Crippen molar-refractivity contribution in [2.24, 2.45) is 23.7 Å². The molecule has 7 atom stereocenters. The van der Waals surface area contributed by atoms with Gasteiger partial charge < -0.3 is 33.8 Å². The smallest absolute Gasteiger partial charge is 0.462 e. The normalized spacial score (nSPS) is 15.0. The van der Waals surface area contributed by atoms with Gasteiger partial charge in [0.25, 0.3) is 0 Å². The number of ether oxygens (including phenoxy) is 4. The zero-order valence-electron chi connectivity index (χ0n) is 55.2. The second kappa shape index (κ2) is 56.1. The third kappa shape index (κ3) is 58.2. The number of hydrogen-bond acceptors (Lipinski definition) is 15. The van der Waals surface area contributed by atoms with Gasteiger partial charge in [0.1, 0.15) is 19.3 Å². The summed E-state index contributed by atoms with van der Waals surface area (Å²) in [6.45, 7) is 13.9. The second-order valence-corrected chi connectivity index (χ2v) is 28.2. The van der Waals surface area contributed by atoms with Crippen LogP contribution in [0.15, 0.2) is 0 Å². The number of phosphoric acid groups is 2. The molecule has 19 heteroatoms. The largest absolute Gasteiger partial charge is 0.472 e. The van der Waals surface area contributed by atoms with E-state index in [1.807, 2.05) is 0 Å². The molecule has 0 aromatic heterocycles. The van der Waals surface area contributed by atoms with Crippen LogP contribution >= 0.6 is 15.6 Å². The molecule has 504 valence electrons. The molecule has 0 radical (unpaired) electrons. The number of carbonyl (C=O) groups excluding carboxylic acids is 4. The molecule has 0 spiro atoms. The highest BCUT2D eigenvalue weighted by Crippen LogP contribution is 2.45. The molecule has 0 aliphatic rings. The average molecular weight is 1260 g/mol. The van der Waals surface area contributed by atoms with E-state index in [0.717, 1.165) is 114 Å². The van der Waals surface area contributed by atoms with Crippen LogP contribution in [-0.2, 0) is 65.4 Å². The lowest BCUT2D eigenvalue weighted by atomic mass is 10.00. The van der Waals surface area contributed by atoms with Crippen molar-refractivity contribution in [2.45, 2.75) is 337 Å². The Labute approximate surface area is 517 Å². The molecule has 4 unspecified atom stereocenters. The predicted octanol–water partition coefficient (Wildman–Crippen LogP) is 18.1. The monoisotopic (exact) mass is 1250 g/mol. The summed E-state index contributed by atoms with van der Waals surface area (Å²) in [7, 11) is -9.89. The van der Waals surface area contributed by atoms with Crippen molar-refractivity contribution in [3.63, 3.8) is 0 Å². The number of aliphatic hydroxyl groups excluding tert-OH is 1. The third-order valence-electron chi connectivity index (χ3n) is 15.8. The topological polar surface area (TPSA) is 237 Å². The summed E-state index contributed by atoms with van der Waals surface area (Å²) in [5, 5.41) is 10.5. The maximum Gasteiger partial charge on any atom is 0.472 e. The van der Waals surface area contributed by atoms with Gasteiger partial charge in [-0.25, -0.2) is 9.13 Å². The Hall–Kier alpha value is -1.94. The highest BCUT2D eigenvalue weighted by Gasteiger charge is 2.30. The highest BCUT2D eigenvalue weighted by molar-refractivity contribution is 7.47. The molecule has 17 nitrogen and oxygen atoms in total. The number of phosphoric ester groups is 2. The van der Waals surface area contributed by atoms with E-state index in [2.05, 4.69) is 55.4 Å². The van der Waals surface area contributed by atoms with E-state index >= 15 is 0 Å². The van der Waals surface area contributed by atoms with Crippen molar-refractivity contribution in [3.8, 4) is 0 Å². The van der Waals surface area contributed by atoms with E-state index in [9.17, 15) is 43.2 Å². The van der Waals surface area contributed by atoms with Gasteiger partial charge in [-0.3, -0.25) is 37.3 Å². The minimum absolute atomic E-state index is 0.101. The summed E-state index contributed by atoms with van der Waals surface area (Å²) < 4.78 is 68.0. The van der Waals surface area contributed by atoms with Crippen LogP contribution in [0.1, 0.15) is 319 Å². The highest BCUT2D eigenvalue weighted by atomic mass is 31.2. The van der Waals surface area contributed by atoms with Crippen LogP contribution < -0.4 is 0 Å². The van der Waals surface area contributed by atoms with Crippen molar-refractivity contribution >= 4 is 39.5 Å². The molecule has 0 aliphatic heterocycles. The lowest BCUT2D eigenvalue weighted by molar-refractivity contribution is -0.161. The molecule has 0 aromatic carbocycles. The predicted molar refractivity (Wildman–Crippen MR) is 340 cm³/mol. The van der Waals surface area contributed by atoms with Gasteiger partial charge in [-0.1, -0.05) is 267 Å². The Bertz CT molecular complexity index is 1700. The SMILES string of the molecule is CCC(C)CCCCCCCCC(=O)O[C@H](COC(=O)CCCCCCCCCCCCCCCC(C)C)COP(=O)(O)OC[C@@H](O)COP(=O)(O)OC[C@@H](COC(=O)CCCCCCCCC(C)C)OC(=O)CCCCCCCCC(C)CC. The third-order valence-corrected chi connectivity index (χ3v) is 17.7. The summed E-state index contributed by atoms with van der Waals surface area (Å²) in [6, 6.07) is 0. The molecule has 0 aliphatic carbocycles. The number of esters is 4. The zero-order chi connectivity index (χ0) is 63.2. The standard InChI is InChI=1S/C66H128O17P2/c1-9-58(7)44-36-28-21-24-32-40-48-65(70)82-61(52-76-63(68)46-38-30-19-17-15-13-11-12-14-16-18-26-34-42-56(3)4)54-80-84(72,73)78-50-60(67)51-79-85(74,75)81-55-62(53-77-64(69)47-39-31-23-20-27-35-43-57(5)6)83-66(71)49-41-33-25-22-29-37-45-59(8)10-2/h56-62,67H,9-55H2,1-8H3,(H,72,73)(H,74,75)/t58?,59?,60-,61-,62-/m1/s1. The van der Waals surface area contributed by atoms with E-state index in [4.69, 9.17) is 37.0 Å². The van der Waals surface area contributed by atoms with Gasteiger partial charge in [0.15, 0.2) is 12.2 Å². The van der Waals surface area contributed by atoms with Crippen LogP contribution in [0.25, 0.3) is 0 Å². The summed E-state index contributed by atoms with van der Waals surface area (Å²) in [5.74, 6) is 0.769. The molecule has 0 aromatic rings. The van der Waals surface area contributed by atoms with Gasteiger partial charge in [-0.15, -0.1) is 0 Å². The quantitative estimate of drug-likeness (QED) is 0.0222. The van der Waals surface area contributed by atoms with Crippen LogP contribution in [-0.4, -0.2) is 96.7 Å². The zero-order valence-corrected chi connectivity index (χ0v) is 57.0. The lowest BCUT2D eigenvalue weighted by Crippen LogP contribution is -2.30. The van der Waals surface area contributed by atoms with Gasteiger partial charge in [0.05, 0.1) is 26.4 Å². The molecule has 0 saturated heterocycles. The second-order valence-electron chi connectivity index (χ2n) is 25.3. The first-order chi connectivity index (χ1) is 40.7. The number of unbranched alkanes of at least 4 members (excludes halogenated alkanes) is 27. The van der Waals surface area contributed by atoms with E-state index in [1.165, 1.54) is 116 Å². The van der Waals surface area contributed by atoms with Crippen LogP contribution in [0, 0.1) is 23.7 Å². The maximum absolute atomic E-state index is 13.0. The molecule has 0 saturated carbocycles. The van der Waals surface area contributed by atoms with Crippen molar-refractivity contribution in [3.05, 3.63) is 0 Å². The number of aliphatic hydroxyl groups is 1. The summed E-state index contributed by atoms with van der Waals surface area (Å²) in [4.78, 5) is 72.3. The summed E-state index contributed by atoms with van der Waals surface area (Å²) in [5.41, 5.74) is 0. The number of hydrogen-bond donors (Lipinski definition) is 3. The van der Waals surface area contributed by atoms with Crippen LogP contribution in [0.3, 0.4) is 0 Å². The van der Waals surface area contributed by atoms with E-state index in [0.29, 0.717) is 31.6 Å². The van der Waals surface area contributed by atoms with E-state index in [1.54, 1.807) is 0 Å². The molecule has 0 rings (SSSR count). The fourth-order valence-corrected chi connectivity index (χ4v) is 11.3. The van der Waals surface area contributed by atoms with Gasteiger partial charge in [-0.2, -0.15) is 0 Å². The molecule has 85 heavy (non-hydrogen) atoms. The molecule has 0 fully saturated rings. The molecule has 3 N–H and O–H groups in total. The minimum atomic E-state index is -4.95. The summed E-state index contributed by atoms with van der Waals surface area (Å²) in [6.07, 6.45) is 36.5. The molecular weight excluding hydrogens is 1130 g/mol. The first-order valence-electron chi connectivity index (χ1n) is 34.3. The van der Waals surface area contributed by atoms with Crippen molar-refractivity contribution in [1.82, 2.24) is 0 Å². The van der Waals surface area contributed by atoms with Crippen molar-refractivity contribution in [2.75, 3.05) is 39.6 Å². The first kappa shape index (κ1) is 83.1. The Kier molecular flexibility index (Phi) is 54.8. The van der Waals surface area contributed by atoms with Crippen LogP contribution in [0.4, 0.5) is 0 Å². The minimum Gasteiger partial charge on any atom is -0.462 e. The fraction of sp³-hybridized carbons (Fsp3) is 0.939. The Morgan fingerprint density at radius 1 is 0.329 bits per heavy atom. The first-order valence-corrected chi connectivity index (χ1v) is 37.3. The number of carbonyl (C=O) groups is 4. The Morgan fingerprint density at radius 2 is 0.565 bits per heavy atom. The van der Waals surface area contributed by atoms with Crippen LogP contribution in [0.2, 0.25) is 0 Å². The Balaban J connectivity index is 5.21. The fourth-order valence-electron chi connectivity index (χ4n) is 9.72. The lowest BCUT2D eigenvalue weighted by Gasteiger charge is -2.21. The van der Waals surface area contributed by atoms with Gasteiger partial charge in [-0.05, 0) is 49.4 Å². The van der Waals surface area contributed by atoms with E-state index < -0.39 is 97.5 Å². The molecule has 0 amide bonds.